The van der Waals surface area contributed by atoms with E-state index in [0.29, 0.717) is 11.5 Å². The molecule has 0 heterocycles. The lowest BCUT2D eigenvalue weighted by Gasteiger charge is -2.19. The topological polar surface area (TPSA) is 66.8 Å². The van der Waals surface area contributed by atoms with Crippen LogP contribution < -0.4 is 4.74 Å². The zero-order valence-electron chi connectivity index (χ0n) is 16.5. The smallest absolute Gasteiger partial charge is 0.341 e. The summed E-state index contributed by atoms with van der Waals surface area (Å²) in [6, 6.07) is 14.9. The van der Waals surface area contributed by atoms with Crippen molar-refractivity contribution in [2.24, 2.45) is 0 Å². The Hall–Kier alpha value is -2.49. The maximum atomic E-state index is 10.3. The molecule has 4 heteroatoms. The summed E-state index contributed by atoms with van der Waals surface area (Å²) in [6.07, 6.45) is 0. The zero-order chi connectivity index (χ0) is 20.0. The maximum Gasteiger partial charge on any atom is 0.341 e. The first-order valence-corrected chi connectivity index (χ1v) is 8.64. The molecule has 0 fully saturated rings. The van der Waals surface area contributed by atoms with Crippen molar-refractivity contribution in [2.75, 3.05) is 6.61 Å². The molecule has 0 amide bonds. The second-order valence-electron chi connectivity index (χ2n) is 8.26. The molecule has 2 aromatic carbocycles. The Morgan fingerprint density at radius 1 is 0.885 bits per heavy atom. The first-order valence-electron chi connectivity index (χ1n) is 8.64. The Morgan fingerprint density at radius 2 is 1.42 bits per heavy atom. The van der Waals surface area contributed by atoms with Gasteiger partial charge >= 0.3 is 5.97 Å². The number of carboxylic acids is 1. The molecule has 0 saturated carbocycles. The molecular weight excluding hydrogens is 328 g/mol. The average Bonchev–Trinajstić information content (AvgIpc) is 2.52. The Bertz CT molecular complexity index is 704. The van der Waals surface area contributed by atoms with E-state index in [1.165, 1.54) is 5.56 Å². The molecule has 2 N–H and O–H groups in total. The summed E-state index contributed by atoms with van der Waals surface area (Å²) in [5.41, 5.74) is 2.59. The molecule has 0 saturated heterocycles. The van der Waals surface area contributed by atoms with E-state index in [-0.39, 0.29) is 17.4 Å². The summed E-state index contributed by atoms with van der Waals surface area (Å²) in [5.74, 6) is -0.0299. The van der Waals surface area contributed by atoms with E-state index in [0.717, 1.165) is 5.56 Å². The second-order valence-corrected chi connectivity index (χ2v) is 8.26. The Morgan fingerprint density at radius 3 is 1.81 bits per heavy atom. The molecule has 0 aliphatic rings. The quantitative estimate of drug-likeness (QED) is 0.797. The van der Waals surface area contributed by atoms with E-state index < -0.39 is 5.97 Å². The van der Waals surface area contributed by atoms with Crippen LogP contribution >= 0.6 is 0 Å². The van der Waals surface area contributed by atoms with E-state index in [9.17, 15) is 9.90 Å². The van der Waals surface area contributed by atoms with Crippen LogP contribution in [0.5, 0.6) is 11.5 Å². The van der Waals surface area contributed by atoms with Crippen LogP contribution in [0.3, 0.4) is 0 Å². The average molecular weight is 358 g/mol. The largest absolute Gasteiger partial charge is 0.508 e. The molecule has 0 aliphatic carbocycles. The number of aliphatic carboxylic acids is 1. The van der Waals surface area contributed by atoms with Crippen molar-refractivity contribution in [2.45, 2.75) is 52.4 Å². The number of hydrogen-bond acceptors (Lipinski definition) is 3. The number of phenols is 1. The van der Waals surface area contributed by atoms with E-state index in [1.807, 2.05) is 24.3 Å². The van der Waals surface area contributed by atoms with Crippen LogP contribution in [0.15, 0.2) is 48.5 Å². The molecule has 2 rings (SSSR count). The predicted octanol–water partition coefficient (Wildman–Crippen LogP) is 5.14. The molecule has 0 unspecified atom stereocenters. The summed E-state index contributed by atoms with van der Waals surface area (Å²) in [4.78, 5) is 10.3. The molecule has 26 heavy (non-hydrogen) atoms. The molecule has 0 aromatic heterocycles. The third-order valence-corrected chi connectivity index (χ3v) is 3.79. The molecule has 0 bridgehead atoms. The van der Waals surface area contributed by atoms with Gasteiger partial charge in [-0.05, 0) is 46.2 Å². The van der Waals surface area contributed by atoms with E-state index in [4.69, 9.17) is 9.84 Å². The minimum Gasteiger partial charge on any atom is -0.508 e. The molecule has 0 aliphatic heterocycles. The molecule has 4 nitrogen and oxygen atoms in total. The van der Waals surface area contributed by atoms with Gasteiger partial charge in [-0.2, -0.15) is 0 Å². The zero-order valence-corrected chi connectivity index (χ0v) is 16.5. The standard InChI is InChI=1S/C12H16O3.C10H14O/c1-12(2,3)9-4-6-10(7-5-9)15-8-11(13)14;1-10(2,3)8-5-4-6-9(11)7-8/h4-7H,8H2,1-3H3,(H,13,14);4-7,11H,1-3H3. The minimum atomic E-state index is -0.963. The summed E-state index contributed by atoms with van der Waals surface area (Å²) < 4.78 is 5.04. The van der Waals surface area contributed by atoms with Crippen LogP contribution in [0.1, 0.15) is 52.7 Å². The number of carboxylic acid groups (broad SMARTS) is 1. The van der Waals surface area contributed by atoms with Crippen molar-refractivity contribution in [1.29, 1.82) is 0 Å². The lowest BCUT2D eigenvalue weighted by atomic mass is 9.87. The fourth-order valence-electron chi connectivity index (χ4n) is 2.17. The van der Waals surface area contributed by atoms with Gasteiger partial charge in [0, 0.05) is 0 Å². The van der Waals surface area contributed by atoms with Crippen LogP contribution in [0.4, 0.5) is 0 Å². The Kier molecular flexibility index (Phi) is 7.25. The van der Waals surface area contributed by atoms with Gasteiger partial charge in [-0.25, -0.2) is 4.79 Å². The summed E-state index contributed by atoms with van der Waals surface area (Å²) in [7, 11) is 0. The third kappa shape index (κ3) is 7.60. The van der Waals surface area contributed by atoms with Crippen LogP contribution in [0, 0.1) is 0 Å². The van der Waals surface area contributed by atoms with Crippen molar-refractivity contribution in [3.05, 3.63) is 59.7 Å². The third-order valence-electron chi connectivity index (χ3n) is 3.79. The van der Waals surface area contributed by atoms with Gasteiger partial charge in [0.2, 0.25) is 0 Å². The van der Waals surface area contributed by atoms with Gasteiger partial charge in [-0.3, -0.25) is 0 Å². The van der Waals surface area contributed by atoms with E-state index in [2.05, 4.69) is 41.5 Å². The summed E-state index contributed by atoms with van der Waals surface area (Å²) >= 11 is 0. The van der Waals surface area contributed by atoms with E-state index >= 15 is 0 Å². The highest BCUT2D eigenvalue weighted by molar-refractivity contribution is 5.68. The van der Waals surface area contributed by atoms with Crippen LogP contribution in [-0.2, 0) is 15.6 Å². The fraction of sp³-hybridized carbons (Fsp3) is 0.409. The molecule has 0 spiro atoms. The van der Waals surface area contributed by atoms with Gasteiger partial charge in [0.1, 0.15) is 11.5 Å². The first kappa shape index (κ1) is 21.6. The van der Waals surface area contributed by atoms with Gasteiger partial charge < -0.3 is 14.9 Å². The van der Waals surface area contributed by atoms with Crippen molar-refractivity contribution >= 4 is 5.97 Å². The van der Waals surface area contributed by atoms with Gasteiger partial charge in [0.05, 0.1) is 0 Å². The highest BCUT2D eigenvalue weighted by Gasteiger charge is 2.13. The number of hydrogen-bond donors (Lipinski definition) is 2. The molecule has 0 radical (unpaired) electrons. The summed E-state index contributed by atoms with van der Waals surface area (Å²) in [6.45, 7) is 12.5. The Labute approximate surface area is 156 Å². The normalized spacial score (nSPS) is 11.3. The highest BCUT2D eigenvalue weighted by atomic mass is 16.5. The summed E-state index contributed by atoms with van der Waals surface area (Å²) in [5, 5.41) is 17.6. The lowest BCUT2D eigenvalue weighted by molar-refractivity contribution is -0.139. The number of benzene rings is 2. The minimum absolute atomic E-state index is 0.103. The van der Waals surface area contributed by atoms with Crippen LogP contribution in [0.25, 0.3) is 0 Å². The van der Waals surface area contributed by atoms with Gasteiger partial charge in [0.15, 0.2) is 6.61 Å². The second kappa shape index (κ2) is 8.75. The first-order chi connectivity index (χ1) is 11.9. The van der Waals surface area contributed by atoms with Gasteiger partial charge in [-0.15, -0.1) is 0 Å². The highest BCUT2D eigenvalue weighted by Crippen LogP contribution is 2.25. The fourth-order valence-corrected chi connectivity index (χ4v) is 2.17. The number of rotatable bonds is 3. The van der Waals surface area contributed by atoms with E-state index in [1.54, 1.807) is 24.3 Å². The maximum absolute atomic E-state index is 10.3. The Balaban J connectivity index is 0.000000273. The molecule has 2 aromatic rings. The monoisotopic (exact) mass is 358 g/mol. The number of carbonyl (C=O) groups is 1. The number of phenolic OH excluding ortho intramolecular Hbond substituents is 1. The van der Waals surface area contributed by atoms with Crippen molar-refractivity contribution in [3.8, 4) is 11.5 Å². The molecule has 142 valence electrons. The van der Waals surface area contributed by atoms with Crippen LogP contribution in [-0.4, -0.2) is 22.8 Å². The van der Waals surface area contributed by atoms with Gasteiger partial charge in [-0.1, -0.05) is 65.8 Å². The number of ether oxygens (including phenoxy) is 1. The SMILES string of the molecule is CC(C)(C)c1ccc(OCC(=O)O)cc1.CC(C)(C)c1cccc(O)c1. The lowest BCUT2D eigenvalue weighted by Crippen LogP contribution is -2.12. The van der Waals surface area contributed by atoms with Crippen LogP contribution in [0.2, 0.25) is 0 Å². The number of aromatic hydroxyl groups is 1. The van der Waals surface area contributed by atoms with Gasteiger partial charge in [0.25, 0.3) is 0 Å². The van der Waals surface area contributed by atoms with Crippen molar-refractivity contribution in [1.82, 2.24) is 0 Å². The van der Waals surface area contributed by atoms with Crippen molar-refractivity contribution in [3.63, 3.8) is 0 Å². The predicted molar refractivity (Wildman–Crippen MR) is 105 cm³/mol. The molecule has 0 atom stereocenters. The molecular formula is C22H30O4. The van der Waals surface area contributed by atoms with Crippen molar-refractivity contribution < 1.29 is 19.7 Å².